The quantitative estimate of drug-likeness (QED) is 0.873. The molecular formula is C12H13ClN4O2. The third-order valence-corrected chi connectivity index (χ3v) is 2.96. The first kappa shape index (κ1) is 13.4. The van der Waals surface area contributed by atoms with Gasteiger partial charge in [0.05, 0.1) is 10.6 Å². The lowest BCUT2D eigenvalue weighted by molar-refractivity contribution is 0.0697. The Kier molecular flexibility index (Phi) is 4.01. The molecule has 0 aliphatic rings. The number of hydrogen-bond acceptors (Lipinski definition) is 4. The van der Waals surface area contributed by atoms with Gasteiger partial charge in [0.2, 0.25) is 0 Å². The summed E-state index contributed by atoms with van der Waals surface area (Å²) >= 11 is 5.74. The van der Waals surface area contributed by atoms with E-state index < -0.39 is 5.97 Å². The molecule has 0 amide bonds. The number of halogens is 1. The molecule has 2 aromatic heterocycles. The van der Waals surface area contributed by atoms with Crippen LogP contribution in [0.3, 0.4) is 0 Å². The number of anilines is 1. The summed E-state index contributed by atoms with van der Waals surface area (Å²) < 4.78 is 1.93. The van der Waals surface area contributed by atoms with Crippen LogP contribution >= 0.6 is 11.6 Å². The fourth-order valence-electron chi connectivity index (χ4n) is 1.64. The molecule has 0 atom stereocenters. The average Bonchev–Trinajstić information content (AvgIpc) is 2.77. The maximum Gasteiger partial charge on any atom is 0.337 e. The van der Waals surface area contributed by atoms with Crippen LogP contribution in [-0.4, -0.2) is 32.2 Å². The highest BCUT2D eigenvalue weighted by atomic mass is 35.5. The Labute approximate surface area is 115 Å². The molecule has 2 N–H and O–H groups in total. The molecule has 6 nitrogen and oxygen atoms in total. The zero-order chi connectivity index (χ0) is 13.8. The zero-order valence-corrected chi connectivity index (χ0v) is 11.1. The second-order valence-corrected chi connectivity index (χ2v) is 4.39. The summed E-state index contributed by atoms with van der Waals surface area (Å²) in [5, 5.41) is 12.1. The van der Waals surface area contributed by atoms with E-state index in [2.05, 4.69) is 15.3 Å². The topological polar surface area (TPSA) is 80.0 Å². The lowest BCUT2D eigenvalue weighted by Crippen LogP contribution is -2.10. The van der Waals surface area contributed by atoms with E-state index >= 15 is 0 Å². The van der Waals surface area contributed by atoms with Gasteiger partial charge in [-0.05, 0) is 6.07 Å². The van der Waals surface area contributed by atoms with Gasteiger partial charge in [0.1, 0.15) is 11.6 Å². The zero-order valence-electron chi connectivity index (χ0n) is 10.3. The van der Waals surface area contributed by atoms with Gasteiger partial charge < -0.3 is 15.0 Å². The van der Waals surface area contributed by atoms with E-state index in [0.29, 0.717) is 12.4 Å². The van der Waals surface area contributed by atoms with Crippen LogP contribution in [-0.2, 0) is 13.5 Å². The number of aryl methyl sites for hydroxylation is 1. The molecule has 0 saturated heterocycles. The van der Waals surface area contributed by atoms with Crippen molar-refractivity contribution in [1.82, 2.24) is 14.5 Å². The molecular weight excluding hydrogens is 268 g/mol. The molecule has 0 aromatic carbocycles. The number of nitrogens with one attached hydrogen (secondary N) is 1. The Morgan fingerprint density at radius 1 is 1.53 bits per heavy atom. The minimum Gasteiger partial charge on any atom is -0.478 e. The number of hydrogen-bond donors (Lipinski definition) is 2. The Morgan fingerprint density at radius 2 is 2.32 bits per heavy atom. The van der Waals surface area contributed by atoms with Crippen molar-refractivity contribution < 1.29 is 9.90 Å². The number of pyridine rings is 1. The van der Waals surface area contributed by atoms with Gasteiger partial charge in [-0.3, -0.25) is 0 Å². The third-order valence-electron chi connectivity index (χ3n) is 2.66. The molecule has 0 aliphatic heterocycles. The number of carbonyl (C=O) groups is 1. The van der Waals surface area contributed by atoms with Crippen LogP contribution in [0.25, 0.3) is 0 Å². The molecule has 7 heteroatoms. The lowest BCUT2D eigenvalue weighted by Gasteiger charge is -2.07. The minimum absolute atomic E-state index is 0.0381. The van der Waals surface area contributed by atoms with E-state index in [0.717, 1.165) is 12.2 Å². The van der Waals surface area contributed by atoms with E-state index in [1.165, 1.54) is 12.3 Å². The van der Waals surface area contributed by atoms with Crippen molar-refractivity contribution in [2.24, 2.45) is 7.05 Å². The summed E-state index contributed by atoms with van der Waals surface area (Å²) in [5.41, 5.74) is 0.0381. The molecule has 0 bridgehead atoms. The van der Waals surface area contributed by atoms with Crippen molar-refractivity contribution in [2.45, 2.75) is 6.42 Å². The highest BCUT2D eigenvalue weighted by molar-refractivity contribution is 6.33. The van der Waals surface area contributed by atoms with E-state index in [-0.39, 0.29) is 10.6 Å². The maximum atomic E-state index is 10.9. The van der Waals surface area contributed by atoms with Crippen molar-refractivity contribution in [1.29, 1.82) is 0 Å². The molecule has 100 valence electrons. The van der Waals surface area contributed by atoms with Gasteiger partial charge in [0.25, 0.3) is 0 Å². The number of carboxylic acids is 1. The molecule has 19 heavy (non-hydrogen) atoms. The normalized spacial score (nSPS) is 10.4. The largest absolute Gasteiger partial charge is 0.478 e. The number of carboxylic acid groups (broad SMARTS) is 1. The van der Waals surface area contributed by atoms with E-state index in [9.17, 15) is 4.79 Å². The fourth-order valence-corrected chi connectivity index (χ4v) is 1.82. The summed E-state index contributed by atoms with van der Waals surface area (Å²) in [6.07, 6.45) is 5.65. The van der Waals surface area contributed by atoms with Crippen molar-refractivity contribution in [3.05, 3.63) is 41.1 Å². The van der Waals surface area contributed by atoms with Crippen LogP contribution in [0.1, 0.15) is 16.2 Å². The van der Waals surface area contributed by atoms with Crippen molar-refractivity contribution in [2.75, 3.05) is 11.9 Å². The Hall–Kier alpha value is -2.08. The smallest absolute Gasteiger partial charge is 0.337 e. The fraction of sp³-hybridized carbons (Fsp3) is 0.250. The number of rotatable bonds is 5. The third kappa shape index (κ3) is 3.23. The Morgan fingerprint density at radius 3 is 2.95 bits per heavy atom. The maximum absolute atomic E-state index is 10.9. The molecule has 0 spiro atoms. The summed E-state index contributed by atoms with van der Waals surface area (Å²) in [7, 11) is 1.92. The molecule has 0 unspecified atom stereocenters. The standard InChI is InChI=1S/C12H13ClN4O2/c1-17-5-4-15-11(17)2-3-14-10-6-8(12(18)19)9(13)7-16-10/h4-7H,2-3H2,1H3,(H,14,16)(H,18,19). The van der Waals surface area contributed by atoms with Gasteiger partial charge in [-0.25, -0.2) is 14.8 Å². The lowest BCUT2D eigenvalue weighted by atomic mass is 10.2. The minimum atomic E-state index is -1.07. The van der Waals surface area contributed by atoms with Gasteiger partial charge >= 0.3 is 5.97 Å². The van der Waals surface area contributed by atoms with Gasteiger partial charge in [-0.2, -0.15) is 0 Å². The van der Waals surface area contributed by atoms with Crippen molar-refractivity contribution >= 4 is 23.4 Å². The predicted molar refractivity (Wildman–Crippen MR) is 71.6 cm³/mol. The first-order valence-corrected chi connectivity index (χ1v) is 6.04. The van der Waals surface area contributed by atoms with Crippen LogP contribution in [0.15, 0.2) is 24.7 Å². The van der Waals surface area contributed by atoms with Crippen LogP contribution in [0.2, 0.25) is 5.02 Å². The van der Waals surface area contributed by atoms with Gasteiger partial charge in [0, 0.05) is 38.6 Å². The summed E-state index contributed by atoms with van der Waals surface area (Å²) in [6, 6.07) is 1.42. The highest BCUT2D eigenvalue weighted by Crippen LogP contribution is 2.17. The van der Waals surface area contributed by atoms with Gasteiger partial charge in [0.15, 0.2) is 0 Å². The van der Waals surface area contributed by atoms with Gasteiger partial charge in [-0.15, -0.1) is 0 Å². The highest BCUT2D eigenvalue weighted by Gasteiger charge is 2.10. The van der Waals surface area contributed by atoms with Crippen LogP contribution in [0.4, 0.5) is 5.82 Å². The molecule has 0 fully saturated rings. The monoisotopic (exact) mass is 280 g/mol. The molecule has 0 radical (unpaired) electrons. The van der Waals surface area contributed by atoms with Crippen LogP contribution < -0.4 is 5.32 Å². The molecule has 2 heterocycles. The van der Waals surface area contributed by atoms with Crippen molar-refractivity contribution in [3.63, 3.8) is 0 Å². The van der Waals surface area contributed by atoms with Crippen molar-refractivity contribution in [3.8, 4) is 0 Å². The summed E-state index contributed by atoms with van der Waals surface area (Å²) in [6.45, 7) is 0.610. The first-order chi connectivity index (χ1) is 9.08. The average molecular weight is 281 g/mol. The van der Waals surface area contributed by atoms with Crippen LogP contribution in [0, 0.1) is 0 Å². The SMILES string of the molecule is Cn1ccnc1CCNc1cc(C(=O)O)c(Cl)cn1. The Bertz CT molecular complexity index is 597. The number of aromatic nitrogens is 3. The summed E-state index contributed by atoms with van der Waals surface area (Å²) in [5.74, 6) is 0.357. The second kappa shape index (κ2) is 5.71. The van der Waals surface area contributed by atoms with E-state index in [1.807, 2.05) is 17.8 Å². The molecule has 0 saturated carbocycles. The predicted octanol–water partition coefficient (Wildman–Crippen LogP) is 1.82. The van der Waals surface area contributed by atoms with E-state index in [4.69, 9.17) is 16.7 Å². The number of imidazole rings is 1. The number of aromatic carboxylic acids is 1. The van der Waals surface area contributed by atoms with E-state index in [1.54, 1.807) is 6.20 Å². The Balaban J connectivity index is 1.98. The van der Waals surface area contributed by atoms with Crippen LogP contribution in [0.5, 0.6) is 0 Å². The molecule has 2 aromatic rings. The molecule has 2 rings (SSSR count). The molecule has 0 aliphatic carbocycles. The number of nitrogens with zero attached hydrogens (tertiary/aromatic N) is 3. The summed E-state index contributed by atoms with van der Waals surface area (Å²) in [4.78, 5) is 19.1. The second-order valence-electron chi connectivity index (χ2n) is 3.99. The van der Waals surface area contributed by atoms with Gasteiger partial charge in [-0.1, -0.05) is 11.6 Å². The first-order valence-electron chi connectivity index (χ1n) is 5.67.